The molecule has 5 nitrogen and oxygen atoms in total. The Morgan fingerprint density at radius 3 is 2.54 bits per heavy atom. The summed E-state index contributed by atoms with van der Waals surface area (Å²) in [6.07, 6.45) is 1.34. The lowest BCUT2D eigenvalue weighted by Crippen LogP contribution is -2.13. The highest BCUT2D eigenvalue weighted by molar-refractivity contribution is 6.36. The Morgan fingerprint density at radius 2 is 1.96 bits per heavy atom. The SMILES string of the molecule is COc1c(Cl)cc(Cl)cc1/C=C(\C#N)C(=O)Nc1ccc(O)cc1. The van der Waals surface area contributed by atoms with Gasteiger partial charge in [0.25, 0.3) is 5.91 Å². The number of hydrogen-bond acceptors (Lipinski definition) is 4. The third kappa shape index (κ3) is 4.19. The number of amides is 1. The normalized spacial score (nSPS) is 10.8. The number of nitrogens with one attached hydrogen (secondary N) is 1. The Bertz CT molecular complexity index is 840. The van der Waals surface area contributed by atoms with Crippen molar-refractivity contribution in [3.05, 3.63) is 57.6 Å². The van der Waals surface area contributed by atoms with Gasteiger partial charge in [0.05, 0.1) is 12.1 Å². The maximum atomic E-state index is 12.2. The van der Waals surface area contributed by atoms with E-state index in [4.69, 9.17) is 27.9 Å². The lowest BCUT2D eigenvalue weighted by atomic mass is 10.1. The molecule has 0 saturated heterocycles. The summed E-state index contributed by atoms with van der Waals surface area (Å²) in [5.74, 6) is -0.227. The predicted octanol–water partition coefficient (Wildman–Crippen LogP) is 4.25. The first-order valence-electron chi connectivity index (χ1n) is 6.70. The van der Waals surface area contributed by atoms with Gasteiger partial charge in [-0.05, 0) is 42.5 Å². The van der Waals surface area contributed by atoms with E-state index in [0.29, 0.717) is 22.0 Å². The van der Waals surface area contributed by atoms with E-state index in [2.05, 4.69) is 5.32 Å². The summed E-state index contributed by atoms with van der Waals surface area (Å²) in [6.45, 7) is 0. The highest BCUT2D eigenvalue weighted by Gasteiger charge is 2.14. The van der Waals surface area contributed by atoms with Crippen LogP contribution >= 0.6 is 23.2 Å². The lowest BCUT2D eigenvalue weighted by molar-refractivity contribution is -0.112. The molecule has 0 atom stereocenters. The quantitative estimate of drug-likeness (QED) is 0.483. The minimum Gasteiger partial charge on any atom is -0.508 e. The fourth-order valence-corrected chi connectivity index (χ4v) is 2.54. The van der Waals surface area contributed by atoms with Crippen LogP contribution in [0.25, 0.3) is 6.08 Å². The summed E-state index contributed by atoms with van der Waals surface area (Å²) in [5, 5.41) is 21.7. The van der Waals surface area contributed by atoms with E-state index in [1.165, 1.54) is 49.6 Å². The number of aromatic hydroxyl groups is 1. The first-order valence-corrected chi connectivity index (χ1v) is 7.45. The summed E-state index contributed by atoms with van der Waals surface area (Å²) in [7, 11) is 1.43. The summed E-state index contributed by atoms with van der Waals surface area (Å²) in [4.78, 5) is 12.2. The molecule has 24 heavy (non-hydrogen) atoms. The number of nitrogens with zero attached hydrogens (tertiary/aromatic N) is 1. The van der Waals surface area contributed by atoms with Crippen molar-refractivity contribution in [1.82, 2.24) is 0 Å². The Balaban J connectivity index is 2.34. The lowest BCUT2D eigenvalue weighted by Gasteiger charge is -2.09. The average Bonchev–Trinajstić information content (AvgIpc) is 2.54. The van der Waals surface area contributed by atoms with Crippen molar-refractivity contribution < 1.29 is 14.6 Å². The second kappa shape index (κ2) is 7.73. The van der Waals surface area contributed by atoms with Crippen LogP contribution in [0.15, 0.2) is 42.0 Å². The number of carbonyl (C=O) groups excluding carboxylic acids is 1. The zero-order valence-electron chi connectivity index (χ0n) is 12.5. The molecule has 7 heteroatoms. The molecule has 2 aromatic rings. The molecule has 2 rings (SSSR count). The molecule has 0 spiro atoms. The molecule has 0 heterocycles. The van der Waals surface area contributed by atoms with Gasteiger partial charge in [-0.25, -0.2) is 0 Å². The number of halogens is 2. The van der Waals surface area contributed by atoms with Crippen LogP contribution in [-0.2, 0) is 4.79 Å². The van der Waals surface area contributed by atoms with Gasteiger partial charge in [0.15, 0.2) is 0 Å². The second-order valence-electron chi connectivity index (χ2n) is 4.68. The molecule has 0 aromatic heterocycles. The number of nitriles is 1. The van der Waals surface area contributed by atoms with E-state index in [1.807, 2.05) is 6.07 Å². The van der Waals surface area contributed by atoms with Crippen molar-refractivity contribution >= 4 is 40.9 Å². The van der Waals surface area contributed by atoms with E-state index >= 15 is 0 Å². The molecular weight excluding hydrogens is 351 g/mol. The molecule has 0 aliphatic carbocycles. The maximum absolute atomic E-state index is 12.2. The van der Waals surface area contributed by atoms with Crippen LogP contribution in [0, 0.1) is 11.3 Å². The van der Waals surface area contributed by atoms with Gasteiger partial charge in [0, 0.05) is 16.3 Å². The Kier molecular flexibility index (Phi) is 5.69. The van der Waals surface area contributed by atoms with E-state index in [-0.39, 0.29) is 16.3 Å². The minimum atomic E-state index is -0.610. The molecule has 1 amide bonds. The van der Waals surface area contributed by atoms with Gasteiger partial charge in [0.1, 0.15) is 23.1 Å². The molecule has 0 aliphatic rings. The number of rotatable bonds is 4. The summed E-state index contributed by atoms with van der Waals surface area (Å²) >= 11 is 12.0. The predicted molar refractivity (Wildman–Crippen MR) is 93.3 cm³/mol. The van der Waals surface area contributed by atoms with Crippen molar-refractivity contribution in [3.63, 3.8) is 0 Å². The van der Waals surface area contributed by atoms with Crippen molar-refractivity contribution in [3.8, 4) is 17.6 Å². The van der Waals surface area contributed by atoms with Crippen molar-refractivity contribution in [2.75, 3.05) is 12.4 Å². The van der Waals surface area contributed by atoms with Gasteiger partial charge in [-0.2, -0.15) is 5.26 Å². The van der Waals surface area contributed by atoms with Crippen molar-refractivity contribution in [1.29, 1.82) is 5.26 Å². The average molecular weight is 363 g/mol. The van der Waals surface area contributed by atoms with Gasteiger partial charge in [-0.15, -0.1) is 0 Å². The largest absolute Gasteiger partial charge is 0.508 e. The van der Waals surface area contributed by atoms with Crippen molar-refractivity contribution in [2.24, 2.45) is 0 Å². The fourth-order valence-electron chi connectivity index (χ4n) is 1.95. The zero-order chi connectivity index (χ0) is 17.7. The molecule has 0 radical (unpaired) electrons. The van der Waals surface area contributed by atoms with Gasteiger partial charge >= 0.3 is 0 Å². The zero-order valence-corrected chi connectivity index (χ0v) is 14.0. The van der Waals surface area contributed by atoms with Crippen LogP contribution < -0.4 is 10.1 Å². The molecule has 0 saturated carbocycles. The van der Waals surface area contributed by atoms with Gasteiger partial charge in [-0.1, -0.05) is 23.2 Å². The number of carbonyl (C=O) groups is 1. The number of phenols is 1. The molecular formula is C17H12Cl2N2O3. The smallest absolute Gasteiger partial charge is 0.266 e. The fraction of sp³-hybridized carbons (Fsp3) is 0.0588. The standard InChI is InChI=1S/C17H12Cl2N2O3/c1-24-16-10(7-12(18)8-15(16)19)6-11(9-20)17(23)21-13-2-4-14(22)5-3-13/h2-8,22H,1H3,(H,21,23)/b11-6+. The Hall–Kier alpha value is -2.68. The number of ether oxygens (including phenoxy) is 1. The number of hydrogen-bond donors (Lipinski definition) is 2. The van der Waals surface area contributed by atoms with Crippen LogP contribution in [0.4, 0.5) is 5.69 Å². The Morgan fingerprint density at radius 1 is 1.29 bits per heavy atom. The van der Waals surface area contributed by atoms with E-state index in [1.54, 1.807) is 0 Å². The topological polar surface area (TPSA) is 82.3 Å². The summed E-state index contributed by atoms with van der Waals surface area (Å²) in [5.41, 5.74) is 0.696. The third-order valence-electron chi connectivity index (χ3n) is 3.03. The molecule has 2 aromatic carbocycles. The summed E-state index contributed by atoms with van der Waals surface area (Å²) < 4.78 is 5.18. The van der Waals surface area contributed by atoms with Gasteiger partial charge in [0.2, 0.25) is 0 Å². The number of anilines is 1. The minimum absolute atomic E-state index is 0.0716. The number of benzene rings is 2. The number of methoxy groups -OCH3 is 1. The maximum Gasteiger partial charge on any atom is 0.266 e. The van der Waals surface area contributed by atoms with Crippen LogP contribution in [0.3, 0.4) is 0 Å². The van der Waals surface area contributed by atoms with Crippen LogP contribution in [0.2, 0.25) is 10.0 Å². The monoisotopic (exact) mass is 362 g/mol. The van der Waals surface area contributed by atoms with Gasteiger partial charge < -0.3 is 15.2 Å². The second-order valence-corrected chi connectivity index (χ2v) is 5.52. The molecule has 122 valence electrons. The molecule has 0 bridgehead atoms. The summed E-state index contributed by atoms with van der Waals surface area (Å²) in [6, 6.07) is 10.7. The molecule has 0 unspecified atom stereocenters. The van der Waals surface area contributed by atoms with E-state index in [9.17, 15) is 15.2 Å². The van der Waals surface area contributed by atoms with E-state index < -0.39 is 5.91 Å². The third-order valence-corrected chi connectivity index (χ3v) is 3.53. The first kappa shape index (κ1) is 17.7. The molecule has 0 aliphatic heterocycles. The van der Waals surface area contributed by atoms with Crippen LogP contribution in [-0.4, -0.2) is 18.1 Å². The Labute approximate surface area is 148 Å². The van der Waals surface area contributed by atoms with Crippen molar-refractivity contribution in [2.45, 2.75) is 0 Å². The molecule has 0 fully saturated rings. The van der Waals surface area contributed by atoms with Crippen LogP contribution in [0.1, 0.15) is 5.56 Å². The van der Waals surface area contributed by atoms with Gasteiger partial charge in [-0.3, -0.25) is 4.79 Å². The first-order chi connectivity index (χ1) is 11.4. The van der Waals surface area contributed by atoms with E-state index in [0.717, 1.165) is 0 Å². The molecule has 2 N–H and O–H groups in total. The highest BCUT2D eigenvalue weighted by atomic mass is 35.5. The number of phenolic OH excluding ortho intramolecular Hbond substituents is 1. The highest BCUT2D eigenvalue weighted by Crippen LogP contribution is 2.33. The van der Waals surface area contributed by atoms with Crippen LogP contribution in [0.5, 0.6) is 11.5 Å².